The second-order valence-electron chi connectivity index (χ2n) is 4.07. The van der Waals surface area contributed by atoms with E-state index in [4.69, 9.17) is 26.8 Å². The Hall–Kier alpha value is -0.930. The third-order valence-electron chi connectivity index (χ3n) is 2.75. The monoisotopic (exact) mass is 241 g/mol. The molecule has 0 radical (unpaired) electrons. The number of fused-ring (bicyclic) bond motifs is 1. The van der Waals surface area contributed by atoms with E-state index >= 15 is 0 Å². The topological polar surface area (TPSA) is 44.5 Å². The van der Waals surface area contributed by atoms with Crippen LogP contribution in [0, 0.1) is 6.92 Å². The zero-order valence-corrected chi connectivity index (χ0v) is 10.3. The van der Waals surface area contributed by atoms with E-state index in [1.54, 1.807) is 0 Å². The highest BCUT2D eigenvalue weighted by Crippen LogP contribution is 2.42. The van der Waals surface area contributed by atoms with Crippen LogP contribution in [0.5, 0.6) is 11.5 Å². The number of rotatable bonds is 1. The lowest BCUT2D eigenvalue weighted by atomic mass is 10.0. The smallest absolute Gasteiger partial charge is 0.180 e. The molecule has 1 heterocycles. The molecule has 4 heteroatoms. The molecule has 0 bridgehead atoms. The number of ether oxygens (including phenoxy) is 2. The Labute approximate surface area is 100 Å². The lowest BCUT2D eigenvalue weighted by Gasteiger charge is -2.17. The normalized spacial score (nSPS) is 16.8. The van der Waals surface area contributed by atoms with Gasteiger partial charge in [0.2, 0.25) is 0 Å². The number of nitrogens with two attached hydrogens (primary N) is 1. The Morgan fingerprint density at radius 1 is 1.31 bits per heavy atom. The van der Waals surface area contributed by atoms with Crippen LogP contribution in [0.4, 0.5) is 0 Å². The van der Waals surface area contributed by atoms with Crippen molar-refractivity contribution in [1.82, 2.24) is 0 Å². The Morgan fingerprint density at radius 2 is 1.94 bits per heavy atom. The fraction of sp³-hybridized carbons (Fsp3) is 0.500. The van der Waals surface area contributed by atoms with Crippen LogP contribution >= 0.6 is 11.6 Å². The van der Waals surface area contributed by atoms with Crippen LogP contribution in [-0.2, 0) is 0 Å². The van der Waals surface area contributed by atoms with Crippen molar-refractivity contribution in [2.45, 2.75) is 26.3 Å². The van der Waals surface area contributed by atoms with Crippen molar-refractivity contribution in [2.24, 2.45) is 5.73 Å². The molecule has 1 aromatic carbocycles. The van der Waals surface area contributed by atoms with Gasteiger partial charge in [0.25, 0.3) is 0 Å². The summed E-state index contributed by atoms with van der Waals surface area (Å²) < 4.78 is 11.3. The van der Waals surface area contributed by atoms with Crippen molar-refractivity contribution in [2.75, 3.05) is 13.2 Å². The average Bonchev–Trinajstić information content (AvgIpc) is 2.48. The van der Waals surface area contributed by atoms with Gasteiger partial charge in [0.05, 0.1) is 18.2 Å². The lowest BCUT2D eigenvalue weighted by Crippen LogP contribution is -2.08. The molecule has 1 unspecified atom stereocenters. The van der Waals surface area contributed by atoms with Gasteiger partial charge in [-0.25, -0.2) is 0 Å². The molecule has 0 saturated carbocycles. The minimum Gasteiger partial charge on any atom is -0.489 e. The third kappa shape index (κ3) is 1.97. The molecule has 16 heavy (non-hydrogen) atoms. The van der Waals surface area contributed by atoms with E-state index in [1.165, 1.54) is 0 Å². The van der Waals surface area contributed by atoms with Crippen molar-refractivity contribution >= 4 is 11.6 Å². The summed E-state index contributed by atoms with van der Waals surface area (Å²) in [5.41, 5.74) is 7.93. The predicted molar refractivity (Wildman–Crippen MR) is 64.4 cm³/mol. The SMILES string of the molecule is Cc1c(C(C)N)cc(Cl)c2c1OCCCO2. The van der Waals surface area contributed by atoms with Crippen LogP contribution < -0.4 is 15.2 Å². The molecule has 0 aliphatic carbocycles. The van der Waals surface area contributed by atoms with Crippen molar-refractivity contribution in [1.29, 1.82) is 0 Å². The molecule has 88 valence electrons. The minimum atomic E-state index is -0.0605. The van der Waals surface area contributed by atoms with Gasteiger partial charge >= 0.3 is 0 Å². The predicted octanol–water partition coefficient (Wildman–Crippen LogP) is 2.83. The molecular weight excluding hydrogens is 226 g/mol. The number of benzene rings is 1. The van der Waals surface area contributed by atoms with Crippen LogP contribution in [0.15, 0.2) is 6.07 Å². The van der Waals surface area contributed by atoms with E-state index in [9.17, 15) is 0 Å². The Balaban J connectivity index is 2.56. The first-order valence-corrected chi connectivity index (χ1v) is 5.83. The maximum atomic E-state index is 6.18. The molecule has 0 saturated heterocycles. The maximum Gasteiger partial charge on any atom is 0.180 e. The van der Waals surface area contributed by atoms with Crippen LogP contribution in [0.3, 0.4) is 0 Å². The van der Waals surface area contributed by atoms with Gasteiger partial charge < -0.3 is 15.2 Å². The highest BCUT2D eigenvalue weighted by Gasteiger charge is 2.20. The van der Waals surface area contributed by atoms with E-state index < -0.39 is 0 Å². The van der Waals surface area contributed by atoms with Crippen LogP contribution in [-0.4, -0.2) is 13.2 Å². The first-order valence-electron chi connectivity index (χ1n) is 5.45. The zero-order valence-electron chi connectivity index (χ0n) is 9.55. The van der Waals surface area contributed by atoms with Gasteiger partial charge in [-0.05, 0) is 31.0 Å². The summed E-state index contributed by atoms with van der Waals surface area (Å²) in [7, 11) is 0. The highest BCUT2D eigenvalue weighted by molar-refractivity contribution is 6.32. The van der Waals surface area contributed by atoms with Gasteiger partial charge in [-0.15, -0.1) is 0 Å². The van der Waals surface area contributed by atoms with Gasteiger partial charge in [-0.2, -0.15) is 0 Å². The molecule has 2 N–H and O–H groups in total. The second kappa shape index (κ2) is 4.52. The molecule has 1 aromatic rings. The average molecular weight is 242 g/mol. The van der Waals surface area contributed by atoms with Gasteiger partial charge in [0, 0.05) is 12.5 Å². The van der Waals surface area contributed by atoms with E-state index in [0.29, 0.717) is 24.0 Å². The molecule has 0 aromatic heterocycles. The van der Waals surface area contributed by atoms with Crippen molar-refractivity contribution in [3.8, 4) is 11.5 Å². The van der Waals surface area contributed by atoms with E-state index in [1.807, 2.05) is 19.9 Å². The molecule has 1 aliphatic heterocycles. The van der Waals surface area contributed by atoms with Crippen LogP contribution in [0.2, 0.25) is 5.02 Å². The van der Waals surface area contributed by atoms with E-state index in [-0.39, 0.29) is 6.04 Å². The van der Waals surface area contributed by atoms with Gasteiger partial charge in [0.1, 0.15) is 0 Å². The molecule has 0 amide bonds. The summed E-state index contributed by atoms with van der Waals surface area (Å²) in [5, 5.41) is 0.579. The molecule has 0 fully saturated rings. The largest absolute Gasteiger partial charge is 0.489 e. The van der Waals surface area contributed by atoms with Gasteiger partial charge in [0.15, 0.2) is 11.5 Å². The van der Waals surface area contributed by atoms with Crippen molar-refractivity contribution in [3.05, 3.63) is 22.2 Å². The number of hydrogen-bond donors (Lipinski definition) is 1. The standard InChI is InChI=1S/C12H16ClNO2/c1-7-9(8(2)14)6-10(13)12-11(7)15-4-3-5-16-12/h6,8H,3-5,14H2,1-2H3. The van der Waals surface area contributed by atoms with Crippen molar-refractivity contribution < 1.29 is 9.47 Å². The summed E-state index contributed by atoms with van der Waals surface area (Å²) in [6.45, 7) is 5.22. The molecule has 2 rings (SSSR count). The third-order valence-corrected chi connectivity index (χ3v) is 3.03. The highest BCUT2D eigenvalue weighted by atomic mass is 35.5. The quantitative estimate of drug-likeness (QED) is 0.822. The second-order valence-corrected chi connectivity index (χ2v) is 4.48. The first kappa shape index (κ1) is 11.6. The fourth-order valence-electron chi connectivity index (χ4n) is 1.91. The van der Waals surface area contributed by atoms with E-state index in [2.05, 4.69) is 0 Å². The number of hydrogen-bond acceptors (Lipinski definition) is 3. The Morgan fingerprint density at radius 3 is 2.56 bits per heavy atom. The molecule has 0 spiro atoms. The summed E-state index contributed by atoms with van der Waals surface area (Å²) in [4.78, 5) is 0. The first-order chi connectivity index (χ1) is 7.61. The summed E-state index contributed by atoms with van der Waals surface area (Å²) in [6, 6.07) is 1.81. The van der Waals surface area contributed by atoms with Gasteiger partial charge in [-0.3, -0.25) is 0 Å². The van der Waals surface area contributed by atoms with Crippen LogP contribution in [0.1, 0.15) is 30.5 Å². The van der Waals surface area contributed by atoms with Gasteiger partial charge in [-0.1, -0.05) is 11.6 Å². The fourth-order valence-corrected chi connectivity index (χ4v) is 2.17. The Bertz CT molecular complexity index is 404. The Kier molecular flexibility index (Phi) is 3.26. The molecule has 1 atom stereocenters. The van der Waals surface area contributed by atoms with Crippen LogP contribution in [0.25, 0.3) is 0 Å². The summed E-state index contributed by atoms with van der Waals surface area (Å²) >= 11 is 6.18. The molecular formula is C12H16ClNO2. The van der Waals surface area contributed by atoms with Crippen molar-refractivity contribution in [3.63, 3.8) is 0 Å². The minimum absolute atomic E-state index is 0.0605. The van der Waals surface area contributed by atoms with E-state index in [0.717, 1.165) is 23.3 Å². The lowest BCUT2D eigenvalue weighted by molar-refractivity contribution is 0.296. The molecule has 1 aliphatic rings. The number of halogens is 1. The summed E-state index contributed by atoms with van der Waals surface area (Å²) in [6.07, 6.45) is 0.873. The zero-order chi connectivity index (χ0) is 11.7. The molecule has 3 nitrogen and oxygen atoms in total. The maximum absolute atomic E-state index is 6.18. The summed E-state index contributed by atoms with van der Waals surface area (Å²) in [5.74, 6) is 1.40.